The second-order valence-electron chi connectivity index (χ2n) is 5.91. The SMILES string of the molecule is Cc1ccc(/C=C/C(=O)Nc2ccccc2C(=O)NC(C)C)cc1. The zero-order valence-corrected chi connectivity index (χ0v) is 14.2. The lowest BCUT2D eigenvalue weighted by Crippen LogP contribution is -2.30. The van der Waals surface area contributed by atoms with Crippen LogP contribution in [0, 0.1) is 6.92 Å². The Morgan fingerprint density at radius 1 is 1.00 bits per heavy atom. The maximum atomic E-state index is 12.2. The van der Waals surface area contributed by atoms with E-state index in [1.165, 1.54) is 11.6 Å². The van der Waals surface area contributed by atoms with Crippen molar-refractivity contribution in [1.29, 1.82) is 0 Å². The summed E-state index contributed by atoms with van der Waals surface area (Å²) in [6.45, 7) is 5.80. The third kappa shape index (κ3) is 5.09. The summed E-state index contributed by atoms with van der Waals surface area (Å²) in [5.41, 5.74) is 3.06. The van der Waals surface area contributed by atoms with Gasteiger partial charge in [0.1, 0.15) is 0 Å². The first-order chi connectivity index (χ1) is 11.5. The number of carbonyl (C=O) groups excluding carboxylic acids is 2. The smallest absolute Gasteiger partial charge is 0.253 e. The Hall–Kier alpha value is -2.88. The molecule has 2 aromatic carbocycles. The van der Waals surface area contributed by atoms with E-state index in [0.717, 1.165) is 5.56 Å². The molecule has 2 amide bonds. The maximum Gasteiger partial charge on any atom is 0.253 e. The van der Waals surface area contributed by atoms with Crippen molar-refractivity contribution in [3.8, 4) is 0 Å². The third-order valence-corrected chi connectivity index (χ3v) is 3.35. The minimum absolute atomic E-state index is 0.0303. The second kappa shape index (κ2) is 8.11. The fourth-order valence-corrected chi connectivity index (χ4v) is 2.15. The summed E-state index contributed by atoms with van der Waals surface area (Å²) in [6, 6.07) is 14.9. The summed E-state index contributed by atoms with van der Waals surface area (Å²) in [5, 5.41) is 5.59. The van der Waals surface area contributed by atoms with Crippen molar-refractivity contribution >= 4 is 23.6 Å². The van der Waals surface area contributed by atoms with E-state index < -0.39 is 0 Å². The predicted molar refractivity (Wildman–Crippen MR) is 97.9 cm³/mol. The average molecular weight is 322 g/mol. The Kier molecular flexibility index (Phi) is 5.90. The van der Waals surface area contributed by atoms with Gasteiger partial charge in [0.15, 0.2) is 0 Å². The van der Waals surface area contributed by atoms with Gasteiger partial charge in [-0.25, -0.2) is 0 Å². The summed E-state index contributed by atoms with van der Waals surface area (Å²) in [6.07, 6.45) is 3.20. The molecule has 0 aromatic heterocycles. The van der Waals surface area contributed by atoms with Gasteiger partial charge in [-0.3, -0.25) is 9.59 Å². The van der Waals surface area contributed by atoms with Crippen molar-refractivity contribution in [3.05, 3.63) is 71.3 Å². The molecular formula is C20H22N2O2. The number of hydrogen-bond acceptors (Lipinski definition) is 2. The molecule has 124 valence electrons. The van der Waals surface area contributed by atoms with E-state index in [1.807, 2.05) is 45.0 Å². The summed E-state index contributed by atoms with van der Waals surface area (Å²) in [7, 11) is 0. The quantitative estimate of drug-likeness (QED) is 0.823. The van der Waals surface area contributed by atoms with Crippen molar-refractivity contribution in [2.45, 2.75) is 26.8 Å². The van der Waals surface area contributed by atoms with Gasteiger partial charge in [-0.1, -0.05) is 42.0 Å². The lowest BCUT2D eigenvalue weighted by Gasteiger charge is -2.12. The fraction of sp³-hybridized carbons (Fsp3) is 0.200. The highest BCUT2D eigenvalue weighted by Gasteiger charge is 2.12. The van der Waals surface area contributed by atoms with E-state index in [1.54, 1.807) is 30.3 Å². The number of nitrogens with one attached hydrogen (secondary N) is 2. The van der Waals surface area contributed by atoms with Gasteiger partial charge >= 0.3 is 0 Å². The number of para-hydroxylation sites is 1. The van der Waals surface area contributed by atoms with Crippen LogP contribution in [0.4, 0.5) is 5.69 Å². The van der Waals surface area contributed by atoms with Gasteiger partial charge in [0, 0.05) is 12.1 Å². The molecule has 0 bridgehead atoms. The molecular weight excluding hydrogens is 300 g/mol. The number of aryl methyl sites for hydroxylation is 1. The predicted octanol–water partition coefficient (Wildman–Crippen LogP) is 3.79. The van der Waals surface area contributed by atoms with Gasteiger partial charge in [0.2, 0.25) is 5.91 Å². The van der Waals surface area contributed by atoms with Gasteiger partial charge in [-0.2, -0.15) is 0 Å². The first-order valence-electron chi connectivity index (χ1n) is 7.91. The van der Waals surface area contributed by atoms with Crippen LogP contribution in [-0.4, -0.2) is 17.9 Å². The molecule has 0 spiro atoms. The Morgan fingerprint density at radius 2 is 1.67 bits per heavy atom. The highest BCUT2D eigenvalue weighted by molar-refractivity contribution is 6.07. The first-order valence-corrected chi connectivity index (χ1v) is 7.91. The molecule has 0 atom stereocenters. The lowest BCUT2D eigenvalue weighted by atomic mass is 10.1. The molecule has 0 saturated heterocycles. The van der Waals surface area contributed by atoms with Gasteiger partial charge in [0.25, 0.3) is 5.91 Å². The normalized spacial score (nSPS) is 10.8. The van der Waals surface area contributed by atoms with Crippen LogP contribution >= 0.6 is 0 Å². The number of anilines is 1. The molecule has 0 aliphatic rings. The van der Waals surface area contributed by atoms with Gasteiger partial charge in [-0.05, 0) is 44.5 Å². The van der Waals surface area contributed by atoms with Crippen LogP contribution in [0.3, 0.4) is 0 Å². The number of carbonyl (C=O) groups is 2. The summed E-state index contributed by atoms with van der Waals surface area (Å²) < 4.78 is 0. The van der Waals surface area contributed by atoms with Crippen LogP contribution in [0.5, 0.6) is 0 Å². The van der Waals surface area contributed by atoms with Gasteiger partial charge < -0.3 is 10.6 Å². The number of amides is 2. The highest BCUT2D eigenvalue weighted by atomic mass is 16.2. The Balaban J connectivity index is 2.09. The van der Waals surface area contributed by atoms with E-state index in [2.05, 4.69) is 10.6 Å². The number of hydrogen-bond donors (Lipinski definition) is 2. The van der Waals surface area contributed by atoms with Crippen molar-refractivity contribution in [2.75, 3.05) is 5.32 Å². The molecule has 0 heterocycles. The molecule has 0 aliphatic heterocycles. The van der Waals surface area contributed by atoms with Crippen molar-refractivity contribution in [1.82, 2.24) is 5.32 Å². The minimum atomic E-state index is -0.277. The zero-order valence-electron chi connectivity index (χ0n) is 14.2. The average Bonchev–Trinajstić information content (AvgIpc) is 2.54. The van der Waals surface area contributed by atoms with E-state index >= 15 is 0 Å². The maximum absolute atomic E-state index is 12.2. The van der Waals surface area contributed by atoms with E-state index in [-0.39, 0.29) is 17.9 Å². The summed E-state index contributed by atoms with van der Waals surface area (Å²) in [4.78, 5) is 24.3. The monoisotopic (exact) mass is 322 g/mol. The number of benzene rings is 2. The second-order valence-corrected chi connectivity index (χ2v) is 5.91. The van der Waals surface area contributed by atoms with E-state index in [4.69, 9.17) is 0 Å². The Morgan fingerprint density at radius 3 is 2.33 bits per heavy atom. The van der Waals surface area contributed by atoms with Crippen LogP contribution in [0.1, 0.15) is 35.3 Å². The Labute approximate surface area is 142 Å². The van der Waals surface area contributed by atoms with Crippen molar-refractivity contribution in [2.24, 2.45) is 0 Å². The Bertz CT molecular complexity index is 746. The largest absolute Gasteiger partial charge is 0.350 e. The summed E-state index contributed by atoms with van der Waals surface area (Å²) in [5.74, 6) is -0.483. The molecule has 2 aromatic rings. The van der Waals surface area contributed by atoms with E-state index in [9.17, 15) is 9.59 Å². The van der Waals surface area contributed by atoms with Crippen LogP contribution in [-0.2, 0) is 4.79 Å². The van der Waals surface area contributed by atoms with Gasteiger partial charge in [0.05, 0.1) is 11.3 Å². The van der Waals surface area contributed by atoms with Crippen LogP contribution < -0.4 is 10.6 Å². The topological polar surface area (TPSA) is 58.2 Å². The molecule has 0 radical (unpaired) electrons. The molecule has 0 unspecified atom stereocenters. The molecule has 24 heavy (non-hydrogen) atoms. The standard InChI is InChI=1S/C20H22N2O2/c1-14(2)21-20(24)17-6-4-5-7-18(17)22-19(23)13-12-16-10-8-15(3)9-11-16/h4-14H,1-3H3,(H,21,24)(H,22,23)/b13-12+. The molecule has 2 N–H and O–H groups in total. The molecule has 2 rings (SSSR count). The van der Waals surface area contributed by atoms with Crippen LogP contribution in [0.25, 0.3) is 6.08 Å². The molecule has 4 heteroatoms. The van der Waals surface area contributed by atoms with E-state index in [0.29, 0.717) is 11.3 Å². The molecule has 0 fully saturated rings. The highest BCUT2D eigenvalue weighted by Crippen LogP contribution is 2.15. The summed E-state index contributed by atoms with van der Waals surface area (Å²) >= 11 is 0. The fourth-order valence-electron chi connectivity index (χ4n) is 2.15. The van der Waals surface area contributed by atoms with Crippen molar-refractivity contribution in [3.63, 3.8) is 0 Å². The third-order valence-electron chi connectivity index (χ3n) is 3.35. The van der Waals surface area contributed by atoms with Crippen LogP contribution in [0.2, 0.25) is 0 Å². The van der Waals surface area contributed by atoms with Crippen LogP contribution in [0.15, 0.2) is 54.6 Å². The minimum Gasteiger partial charge on any atom is -0.350 e. The molecule has 0 saturated carbocycles. The molecule has 4 nitrogen and oxygen atoms in total. The lowest BCUT2D eigenvalue weighted by molar-refractivity contribution is -0.111. The van der Waals surface area contributed by atoms with Crippen molar-refractivity contribution < 1.29 is 9.59 Å². The molecule has 0 aliphatic carbocycles. The number of rotatable bonds is 5. The zero-order chi connectivity index (χ0) is 17.5. The first kappa shape index (κ1) is 17.5. The van der Waals surface area contributed by atoms with Gasteiger partial charge in [-0.15, -0.1) is 0 Å².